The lowest BCUT2D eigenvalue weighted by molar-refractivity contribution is -0.133. The molecule has 0 bridgehead atoms. The van der Waals surface area contributed by atoms with Crippen LogP contribution in [-0.4, -0.2) is 44.1 Å². The fraction of sp³-hybridized carbons (Fsp3) is 0.588. The number of nitrogens with zero attached hydrogens (tertiary/aromatic N) is 1. The molecule has 1 aliphatic rings. The first-order chi connectivity index (χ1) is 10.3. The van der Waals surface area contributed by atoms with Crippen LogP contribution in [0.4, 0.5) is 0 Å². The van der Waals surface area contributed by atoms with Gasteiger partial charge in [0.2, 0.25) is 5.91 Å². The van der Waals surface area contributed by atoms with Crippen LogP contribution in [0.1, 0.15) is 25.7 Å². The number of hydrogen-bond donors (Lipinski definition) is 1. The van der Waals surface area contributed by atoms with Gasteiger partial charge in [-0.15, -0.1) is 0 Å². The van der Waals surface area contributed by atoms with Crippen molar-refractivity contribution < 1.29 is 9.53 Å². The zero-order chi connectivity index (χ0) is 14.9. The van der Waals surface area contributed by atoms with Gasteiger partial charge in [0.25, 0.3) is 0 Å². The van der Waals surface area contributed by atoms with Crippen LogP contribution in [-0.2, 0) is 4.79 Å². The molecule has 1 atom stereocenters. The Labute approximate surface area is 127 Å². The van der Waals surface area contributed by atoms with Crippen LogP contribution < -0.4 is 10.1 Å². The van der Waals surface area contributed by atoms with Crippen LogP contribution in [0, 0.1) is 5.92 Å². The molecule has 1 amide bonds. The van der Waals surface area contributed by atoms with Gasteiger partial charge in [-0.25, -0.2) is 0 Å². The number of hydrogen-bond acceptors (Lipinski definition) is 3. The minimum Gasteiger partial charge on any atom is -0.494 e. The predicted octanol–water partition coefficient (Wildman–Crippen LogP) is 2.30. The summed E-state index contributed by atoms with van der Waals surface area (Å²) in [5.74, 6) is 1.75. The number of benzene rings is 1. The van der Waals surface area contributed by atoms with Gasteiger partial charge >= 0.3 is 0 Å². The van der Waals surface area contributed by atoms with E-state index in [0.29, 0.717) is 18.9 Å². The monoisotopic (exact) mass is 290 g/mol. The van der Waals surface area contributed by atoms with Crippen molar-refractivity contribution in [3.8, 4) is 5.75 Å². The zero-order valence-electron chi connectivity index (χ0n) is 12.9. The van der Waals surface area contributed by atoms with E-state index >= 15 is 0 Å². The summed E-state index contributed by atoms with van der Waals surface area (Å²) in [5.41, 5.74) is 0. The van der Waals surface area contributed by atoms with Gasteiger partial charge in [0.05, 0.1) is 6.61 Å². The molecule has 0 aromatic heterocycles. The van der Waals surface area contributed by atoms with E-state index in [1.54, 1.807) is 0 Å². The SMILES string of the molecule is CNCC1CCCN(C(=O)CCCOc2ccccc2)C1. The van der Waals surface area contributed by atoms with E-state index in [0.717, 1.165) is 38.2 Å². The Balaban J connectivity index is 1.65. The fourth-order valence-electron chi connectivity index (χ4n) is 2.84. The van der Waals surface area contributed by atoms with Crippen LogP contribution in [0.2, 0.25) is 0 Å². The van der Waals surface area contributed by atoms with Gasteiger partial charge in [0, 0.05) is 19.5 Å². The highest BCUT2D eigenvalue weighted by molar-refractivity contribution is 5.76. The van der Waals surface area contributed by atoms with E-state index in [1.165, 1.54) is 6.42 Å². The van der Waals surface area contributed by atoms with Crippen molar-refractivity contribution >= 4 is 5.91 Å². The van der Waals surface area contributed by atoms with Crippen LogP contribution in [0.3, 0.4) is 0 Å². The maximum absolute atomic E-state index is 12.2. The molecule has 116 valence electrons. The first-order valence-electron chi connectivity index (χ1n) is 7.90. The predicted molar refractivity (Wildman–Crippen MR) is 84.4 cm³/mol. The Bertz CT molecular complexity index is 420. The number of piperidine rings is 1. The summed E-state index contributed by atoms with van der Waals surface area (Å²) in [7, 11) is 1.97. The molecule has 1 aromatic rings. The third-order valence-corrected chi connectivity index (χ3v) is 3.91. The molecule has 1 unspecified atom stereocenters. The van der Waals surface area contributed by atoms with Crippen LogP contribution in [0.5, 0.6) is 5.75 Å². The quantitative estimate of drug-likeness (QED) is 0.784. The highest BCUT2D eigenvalue weighted by Gasteiger charge is 2.22. The number of para-hydroxylation sites is 1. The van der Waals surface area contributed by atoms with Gasteiger partial charge in [-0.3, -0.25) is 4.79 Å². The van der Waals surface area contributed by atoms with Crippen LogP contribution in [0.15, 0.2) is 30.3 Å². The average Bonchev–Trinajstić information content (AvgIpc) is 2.53. The molecule has 0 saturated carbocycles. The molecule has 0 radical (unpaired) electrons. The second kappa shape index (κ2) is 8.67. The number of likely N-dealkylation sites (tertiary alicyclic amines) is 1. The first kappa shape index (κ1) is 15.8. The number of rotatable bonds is 7. The standard InChI is InChI=1S/C17H26N2O2/c1-18-13-15-7-5-11-19(14-15)17(20)10-6-12-21-16-8-3-2-4-9-16/h2-4,8-9,15,18H,5-7,10-14H2,1H3. The fourth-order valence-corrected chi connectivity index (χ4v) is 2.84. The molecule has 4 heteroatoms. The molecule has 0 aliphatic carbocycles. The summed E-state index contributed by atoms with van der Waals surface area (Å²) in [6, 6.07) is 9.75. The largest absolute Gasteiger partial charge is 0.494 e. The number of amides is 1. The van der Waals surface area contributed by atoms with E-state index in [4.69, 9.17) is 4.74 Å². The summed E-state index contributed by atoms with van der Waals surface area (Å²) in [4.78, 5) is 14.2. The highest BCUT2D eigenvalue weighted by Crippen LogP contribution is 2.17. The molecule has 1 fully saturated rings. The summed E-state index contributed by atoms with van der Waals surface area (Å²) in [5, 5.41) is 3.21. The van der Waals surface area contributed by atoms with Crippen LogP contribution >= 0.6 is 0 Å². The van der Waals surface area contributed by atoms with E-state index in [1.807, 2.05) is 42.3 Å². The van der Waals surface area contributed by atoms with Crippen molar-refractivity contribution in [2.75, 3.05) is 33.3 Å². The zero-order valence-corrected chi connectivity index (χ0v) is 12.9. The Morgan fingerprint density at radius 3 is 2.95 bits per heavy atom. The molecule has 1 heterocycles. The summed E-state index contributed by atoms with van der Waals surface area (Å²) < 4.78 is 5.62. The lowest BCUT2D eigenvalue weighted by Crippen LogP contribution is -2.42. The van der Waals surface area contributed by atoms with Gasteiger partial charge in [-0.05, 0) is 50.9 Å². The van der Waals surface area contributed by atoms with Crippen molar-refractivity contribution in [3.63, 3.8) is 0 Å². The van der Waals surface area contributed by atoms with Crippen molar-refractivity contribution in [1.82, 2.24) is 10.2 Å². The van der Waals surface area contributed by atoms with Crippen molar-refractivity contribution in [2.24, 2.45) is 5.92 Å². The van der Waals surface area contributed by atoms with Gasteiger partial charge in [-0.2, -0.15) is 0 Å². The molecule has 1 aromatic carbocycles. The Hall–Kier alpha value is -1.55. The Kier molecular flexibility index (Phi) is 6.54. The highest BCUT2D eigenvalue weighted by atomic mass is 16.5. The van der Waals surface area contributed by atoms with Crippen molar-refractivity contribution in [3.05, 3.63) is 30.3 Å². The number of carbonyl (C=O) groups excluding carboxylic acids is 1. The van der Waals surface area contributed by atoms with E-state index in [9.17, 15) is 4.79 Å². The smallest absolute Gasteiger partial charge is 0.222 e. The van der Waals surface area contributed by atoms with Gasteiger partial charge in [0.15, 0.2) is 0 Å². The maximum Gasteiger partial charge on any atom is 0.222 e. The molecule has 1 saturated heterocycles. The number of carbonyl (C=O) groups is 1. The molecule has 1 N–H and O–H groups in total. The van der Waals surface area contributed by atoms with Gasteiger partial charge in [-0.1, -0.05) is 18.2 Å². The lowest BCUT2D eigenvalue weighted by Gasteiger charge is -2.32. The molecule has 4 nitrogen and oxygen atoms in total. The summed E-state index contributed by atoms with van der Waals surface area (Å²) >= 11 is 0. The van der Waals surface area contributed by atoms with E-state index < -0.39 is 0 Å². The Morgan fingerprint density at radius 2 is 2.19 bits per heavy atom. The second-order valence-corrected chi connectivity index (χ2v) is 5.67. The second-order valence-electron chi connectivity index (χ2n) is 5.67. The first-order valence-corrected chi connectivity index (χ1v) is 7.90. The minimum atomic E-state index is 0.271. The molecule has 1 aliphatic heterocycles. The van der Waals surface area contributed by atoms with Gasteiger partial charge in [0.1, 0.15) is 5.75 Å². The lowest BCUT2D eigenvalue weighted by atomic mass is 9.97. The van der Waals surface area contributed by atoms with Crippen molar-refractivity contribution in [2.45, 2.75) is 25.7 Å². The normalized spacial score (nSPS) is 18.5. The number of nitrogens with one attached hydrogen (secondary N) is 1. The van der Waals surface area contributed by atoms with Crippen molar-refractivity contribution in [1.29, 1.82) is 0 Å². The van der Waals surface area contributed by atoms with Crippen LogP contribution in [0.25, 0.3) is 0 Å². The molecule has 0 spiro atoms. The maximum atomic E-state index is 12.2. The third kappa shape index (κ3) is 5.38. The molecular formula is C17H26N2O2. The van der Waals surface area contributed by atoms with E-state index in [-0.39, 0.29) is 5.91 Å². The van der Waals surface area contributed by atoms with Gasteiger partial charge < -0.3 is 15.0 Å². The average molecular weight is 290 g/mol. The molecular weight excluding hydrogens is 264 g/mol. The third-order valence-electron chi connectivity index (χ3n) is 3.91. The summed E-state index contributed by atoms with van der Waals surface area (Å²) in [6.07, 6.45) is 3.71. The van der Waals surface area contributed by atoms with E-state index in [2.05, 4.69) is 5.32 Å². The number of ether oxygens (including phenoxy) is 1. The molecule has 2 rings (SSSR count). The topological polar surface area (TPSA) is 41.6 Å². The summed E-state index contributed by atoms with van der Waals surface area (Å²) in [6.45, 7) is 3.42. The minimum absolute atomic E-state index is 0.271. The molecule has 21 heavy (non-hydrogen) atoms. The Morgan fingerprint density at radius 1 is 1.38 bits per heavy atom.